The van der Waals surface area contributed by atoms with Crippen molar-refractivity contribution in [2.24, 2.45) is 0 Å². The molecule has 2 saturated heterocycles. The van der Waals surface area contributed by atoms with Gasteiger partial charge in [-0.3, -0.25) is 0 Å². The SMILES string of the molecule is CO[C@@H]1O[C@@H](C)[C@H](OC(=O)c2ccccc2)[C@H]2OC3(CCCCC3)O[C@@H]12. The van der Waals surface area contributed by atoms with Gasteiger partial charge in [0, 0.05) is 20.0 Å². The molecule has 142 valence electrons. The first-order valence-corrected chi connectivity index (χ1v) is 9.42. The van der Waals surface area contributed by atoms with Crippen LogP contribution in [0.2, 0.25) is 0 Å². The van der Waals surface area contributed by atoms with Gasteiger partial charge in [0.1, 0.15) is 12.2 Å². The smallest absolute Gasteiger partial charge is 0.338 e. The van der Waals surface area contributed by atoms with Crippen molar-refractivity contribution in [3.05, 3.63) is 35.9 Å². The number of carbonyl (C=O) groups is 1. The summed E-state index contributed by atoms with van der Waals surface area (Å²) in [6.07, 6.45) is 2.83. The second-order valence-electron chi connectivity index (χ2n) is 7.32. The Bertz CT molecular complexity index is 626. The molecule has 5 atom stereocenters. The van der Waals surface area contributed by atoms with Gasteiger partial charge in [-0.05, 0) is 31.9 Å². The Balaban J connectivity index is 1.55. The van der Waals surface area contributed by atoms with E-state index in [1.807, 2.05) is 25.1 Å². The molecule has 0 unspecified atom stereocenters. The van der Waals surface area contributed by atoms with Gasteiger partial charge >= 0.3 is 5.97 Å². The van der Waals surface area contributed by atoms with E-state index in [4.69, 9.17) is 23.7 Å². The van der Waals surface area contributed by atoms with Crippen molar-refractivity contribution in [1.29, 1.82) is 0 Å². The molecule has 26 heavy (non-hydrogen) atoms. The van der Waals surface area contributed by atoms with Gasteiger partial charge in [0.05, 0.1) is 11.7 Å². The number of fused-ring (bicyclic) bond motifs is 1. The van der Waals surface area contributed by atoms with E-state index in [1.165, 1.54) is 6.42 Å². The van der Waals surface area contributed by atoms with E-state index in [-0.39, 0.29) is 12.1 Å². The van der Waals surface area contributed by atoms with Crippen molar-refractivity contribution < 1.29 is 28.5 Å². The monoisotopic (exact) mass is 362 g/mol. The molecule has 6 nitrogen and oxygen atoms in total. The third kappa shape index (κ3) is 3.27. The van der Waals surface area contributed by atoms with Crippen LogP contribution < -0.4 is 0 Å². The fourth-order valence-corrected chi connectivity index (χ4v) is 4.20. The zero-order valence-electron chi connectivity index (χ0n) is 15.3. The maximum absolute atomic E-state index is 12.6. The summed E-state index contributed by atoms with van der Waals surface area (Å²) in [5, 5.41) is 0. The summed E-state index contributed by atoms with van der Waals surface area (Å²) in [5.74, 6) is -0.983. The van der Waals surface area contributed by atoms with Crippen LogP contribution in [0.15, 0.2) is 30.3 Å². The van der Waals surface area contributed by atoms with Crippen LogP contribution in [0.4, 0.5) is 0 Å². The summed E-state index contributed by atoms with van der Waals surface area (Å²) in [5.41, 5.74) is 0.511. The Labute approximate surface area is 153 Å². The number of carbonyl (C=O) groups excluding carboxylic acids is 1. The van der Waals surface area contributed by atoms with Crippen molar-refractivity contribution in [2.75, 3.05) is 7.11 Å². The summed E-state index contributed by atoms with van der Waals surface area (Å²) >= 11 is 0. The maximum atomic E-state index is 12.6. The molecule has 1 spiro atoms. The fourth-order valence-electron chi connectivity index (χ4n) is 4.20. The Morgan fingerprint density at radius 1 is 1.08 bits per heavy atom. The van der Waals surface area contributed by atoms with Crippen LogP contribution in [-0.4, -0.2) is 49.6 Å². The minimum absolute atomic E-state index is 0.351. The van der Waals surface area contributed by atoms with E-state index in [0.717, 1.165) is 25.7 Å². The molecule has 0 bridgehead atoms. The zero-order chi connectivity index (χ0) is 18.1. The van der Waals surface area contributed by atoms with Gasteiger partial charge in [-0.25, -0.2) is 4.79 Å². The van der Waals surface area contributed by atoms with E-state index in [9.17, 15) is 4.79 Å². The summed E-state index contributed by atoms with van der Waals surface area (Å²) in [4.78, 5) is 12.6. The number of esters is 1. The second-order valence-corrected chi connectivity index (χ2v) is 7.32. The highest BCUT2D eigenvalue weighted by Crippen LogP contribution is 2.45. The van der Waals surface area contributed by atoms with Crippen molar-refractivity contribution in [2.45, 2.75) is 75.5 Å². The number of methoxy groups -OCH3 is 1. The molecule has 3 fully saturated rings. The Morgan fingerprint density at radius 3 is 2.46 bits per heavy atom. The largest absolute Gasteiger partial charge is 0.453 e. The lowest BCUT2D eigenvalue weighted by Crippen LogP contribution is -2.57. The van der Waals surface area contributed by atoms with Crippen LogP contribution in [0.5, 0.6) is 0 Å². The molecular formula is C20H26O6. The summed E-state index contributed by atoms with van der Waals surface area (Å²) in [6.45, 7) is 1.88. The van der Waals surface area contributed by atoms with Crippen molar-refractivity contribution >= 4 is 5.97 Å². The van der Waals surface area contributed by atoms with Crippen molar-refractivity contribution in [1.82, 2.24) is 0 Å². The quantitative estimate of drug-likeness (QED) is 0.770. The minimum Gasteiger partial charge on any atom is -0.453 e. The number of benzene rings is 1. The average molecular weight is 362 g/mol. The summed E-state index contributed by atoms with van der Waals surface area (Å²) < 4.78 is 29.9. The van der Waals surface area contributed by atoms with E-state index >= 15 is 0 Å². The van der Waals surface area contributed by atoms with E-state index < -0.39 is 30.4 Å². The van der Waals surface area contributed by atoms with Crippen LogP contribution >= 0.6 is 0 Å². The first kappa shape index (κ1) is 17.9. The predicted molar refractivity (Wildman–Crippen MR) is 92.6 cm³/mol. The first-order valence-electron chi connectivity index (χ1n) is 9.42. The van der Waals surface area contributed by atoms with Gasteiger partial charge in [-0.15, -0.1) is 0 Å². The Hall–Kier alpha value is -1.47. The van der Waals surface area contributed by atoms with E-state index in [0.29, 0.717) is 5.56 Å². The van der Waals surface area contributed by atoms with Gasteiger partial charge in [-0.1, -0.05) is 24.6 Å². The van der Waals surface area contributed by atoms with Gasteiger partial charge in [-0.2, -0.15) is 0 Å². The molecule has 0 radical (unpaired) electrons. The van der Waals surface area contributed by atoms with Gasteiger partial charge in [0.25, 0.3) is 0 Å². The highest BCUT2D eigenvalue weighted by Gasteiger charge is 2.58. The molecular weight excluding hydrogens is 336 g/mol. The van der Waals surface area contributed by atoms with Crippen molar-refractivity contribution in [3.63, 3.8) is 0 Å². The second kappa shape index (κ2) is 7.27. The number of hydrogen-bond donors (Lipinski definition) is 0. The van der Waals surface area contributed by atoms with Crippen LogP contribution in [0.1, 0.15) is 49.4 Å². The number of ether oxygens (including phenoxy) is 5. The third-order valence-corrected chi connectivity index (χ3v) is 5.53. The molecule has 1 aromatic rings. The molecule has 1 saturated carbocycles. The Kier molecular flexibility index (Phi) is 5.01. The molecule has 6 heteroatoms. The minimum atomic E-state index is -0.602. The highest BCUT2D eigenvalue weighted by molar-refractivity contribution is 5.89. The standard InChI is InChI=1S/C20H26O6/c1-13-15(24-18(21)14-9-5-3-6-10-14)16-17(19(22-2)23-13)26-20(25-16)11-7-4-8-12-20/h3,5-6,9-10,13,15-17,19H,4,7-8,11-12H2,1-2H3/t13-,15-,16+,17+,19+/m0/s1. The lowest BCUT2D eigenvalue weighted by molar-refractivity contribution is -0.264. The van der Waals surface area contributed by atoms with Gasteiger partial charge < -0.3 is 23.7 Å². The highest BCUT2D eigenvalue weighted by atomic mass is 16.8. The number of rotatable bonds is 3. The summed E-state index contributed by atoms with van der Waals surface area (Å²) in [7, 11) is 1.60. The number of hydrogen-bond acceptors (Lipinski definition) is 6. The molecule has 4 rings (SSSR count). The van der Waals surface area contributed by atoms with Crippen LogP contribution in [0.25, 0.3) is 0 Å². The van der Waals surface area contributed by atoms with Crippen LogP contribution in [-0.2, 0) is 23.7 Å². The van der Waals surface area contributed by atoms with Crippen LogP contribution in [0, 0.1) is 0 Å². The molecule has 2 aliphatic heterocycles. The lowest BCUT2D eigenvalue weighted by atomic mass is 9.94. The van der Waals surface area contributed by atoms with E-state index in [1.54, 1.807) is 19.2 Å². The normalized spacial score (nSPS) is 35.8. The molecule has 3 aliphatic rings. The topological polar surface area (TPSA) is 63.2 Å². The predicted octanol–water partition coefficient (Wildman–Crippen LogP) is 3.05. The summed E-state index contributed by atoms with van der Waals surface area (Å²) in [6, 6.07) is 8.96. The van der Waals surface area contributed by atoms with Gasteiger partial charge in [0.15, 0.2) is 18.2 Å². The van der Waals surface area contributed by atoms with Crippen molar-refractivity contribution in [3.8, 4) is 0 Å². The molecule has 1 aliphatic carbocycles. The Morgan fingerprint density at radius 2 is 1.77 bits per heavy atom. The average Bonchev–Trinajstić information content (AvgIpc) is 3.03. The fraction of sp³-hybridized carbons (Fsp3) is 0.650. The lowest BCUT2D eigenvalue weighted by Gasteiger charge is -2.39. The zero-order valence-corrected chi connectivity index (χ0v) is 15.3. The third-order valence-electron chi connectivity index (χ3n) is 5.53. The maximum Gasteiger partial charge on any atom is 0.338 e. The van der Waals surface area contributed by atoms with Crippen LogP contribution in [0.3, 0.4) is 0 Å². The molecule has 0 N–H and O–H groups in total. The molecule has 0 amide bonds. The molecule has 0 aromatic heterocycles. The van der Waals surface area contributed by atoms with Gasteiger partial charge in [0.2, 0.25) is 0 Å². The first-order chi connectivity index (χ1) is 12.6. The van der Waals surface area contributed by atoms with E-state index in [2.05, 4.69) is 0 Å². The molecule has 2 heterocycles. The molecule has 1 aromatic carbocycles.